The molecule has 1 amide bonds. The van der Waals surface area contributed by atoms with Crippen molar-refractivity contribution in [3.8, 4) is 5.19 Å². The third kappa shape index (κ3) is 3.62. The molecule has 0 N–H and O–H groups in total. The Kier molecular flexibility index (Phi) is 4.73. The highest BCUT2D eigenvalue weighted by molar-refractivity contribution is 7.20. The van der Waals surface area contributed by atoms with Crippen LogP contribution >= 0.6 is 11.3 Å². The number of carbonyl (C=O) groups excluding carboxylic acids is 1. The number of thiazole rings is 1. The summed E-state index contributed by atoms with van der Waals surface area (Å²) in [6.45, 7) is 0.660. The lowest BCUT2D eigenvalue weighted by atomic mass is 10.1. The van der Waals surface area contributed by atoms with Gasteiger partial charge in [0.15, 0.2) is 0 Å². The molecule has 0 saturated carbocycles. The fraction of sp³-hybridized carbons (Fsp3) is 0.263. The van der Waals surface area contributed by atoms with Crippen molar-refractivity contribution in [1.82, 2.24) is 9.88 Å². The van der Waals surface area contributed by atoms with Gasteiger partial charge in [-0.15, -0.1) is 0 Å². The van der Waals surface area contributed by atoms with Crippen LogP contribution in [-0.2, 0) is 0 Å². The first-order valence-corrected chi connectivity index (χ1v) is 9.29. The Morgan fingerprint density at radius 3 is 2.52 bits per heavy atom. The van der Waals surface area contributed by atoms with Crippen LogP contribution in [0, 0.1) is 17.5 Å². The number of fused-ring (bicyclic) bond motifs is 1. The Morgan fingerprint density at radius 1 is 1.11 bits per heavy atom. The van der Waals surface area contributed by atoms with Crippen LogP contribution in [0.3, 0.4) is 0 Å². The Hall–Kier alpha value is -2.61. The van der Waals surface area contributed by atoms with Crippen LogP contribution in [0.25, 0.3) is 10.2 Å². The summed E-state index contributed by atoms with van der Waals surface area (Å²) in [6, 6.07) is 7.72. The van der Waals surface area contributed by atoms with Crippen molar-refractivity contribution in [2.45, 2.75) is 18.9 Å². The monoisotopic (exact) mass is 392 g/mol. The molecule has 0 unspecified atom stereocenters. The highest BCUT2D eigenvalue weighted by Crippen LogP contribution is 2.30. The molecule has 0 atom stereocenters. The molecule has 2 heterocycles. The molecule has 4 nitrogen and oxygen atoms in total. The summed E-state index contributed by atoms with van der Waals surface area (Å²) in [4.78, 5) is 18.2. The molecule has 1 saturated heterocycles. The number of nitrogens with zero attached hydrogens (tertiary/aromatic N) is 2. The summed E-state index contributed by atoms with van der Waals surface area (Å²) < 4.78 is 47.4. The number of hydrogen-bond acceptors (Lipinski definition) is 4. The average molecular weight is 392 g/mol. The maximum absolute atomic E-state index is 13.8. The number of piperidine rings is 1. The SMILES string of the molecule is O=C(c1c(F)cccc1F)N1CCC(Oc2nc3ccc(F)cc3s2)CC1. The fourth-order valence-corrected chi connectivity index (χ4v) is 4.01. The van der Waals surface area contributed by atoms with Crippen molar-refractivity contribution in [3.63, 3.8) is 0 Å². The zero-order chi connectivity index (χ0) is 19.0. The van der Waals surface area contributed by atoms with Gasteiger partial charge in [-0.3, -0.25) is 4.79 Å². The van der Waals surface area contributed by atoms with Gasteiger partial charge in [0, 0.05) is 25.9 Å². The maximum Gasteiger partial charge on any atom is 0.274 e. The van der Waals surface area contributed by atoms with E-state index in [-0.39, 0.29) is 11.9 Å². The molecule has 1 aliphatic heterocycles. The molecule has 1 aromatic heterocycles. The second kappa shape index (κ2) is 7.19. The van der Waals surface area contributed by atoms with E-state index in [1.165, 1.54) is 34.4 Å². The standard InChI is InChI=1S/C19H15F3N2O2S/c20-11-4-5-15-16(10-11)27-19(23-15)26-12-6-8-24(9-7-12)18(25)17-13(21)2-1-3-14(17)22/h1-5,10,12H,6-9H2. The summed E-state index contributed by atoms with van der Waals surface area (Å²) >= 11 is 1.26. The third-order valence-electron chi connectivity index (χ3n) is 4.50. The molecular formula is C19H15F3N2O2S. The minimum absolute atomic E-state index is 0.162. The molecular weight excluding hydrogens is 377 g/mol. The number of aromatic nitrogens is 1. The van der Waals surface area contributed by atoms with E-state index < -0.39 is 23.1 Å². The molecule has 27 heavy (non-hydrogen) atoms. The zero-order valence-corrected chi connectivity index (χ0v) is 14.9. The molecule has 8 heteroatoms. The van der Waals surface area contributed by atoms with Crippen LogP contribution in [0.4, 0.5) is 13.2 Å². The van der Waals surface area contributed by atoms with E-state index in [0.29, 0.717) is 41.3 Å². The maximum atomic E-state index is 13.8. The Labute approximate surface area is 157 Å². The highest BCUT2D eigenvalue weighted by Gasteiger charge is 2.28. The number of ether oxygens (including phenoxy) is 1. The van der Waals surface area contributed by atoms with E-state index in [1.54, 1.807) is 6.07 Å². The van der Waals surface area contributed by atoms with E-state index in [2.05, 4.69) is 4.98 Å². The quantitative estimate of drug-likeness (QED) is 0.664. The van der Waals surface area contributed by atoms with Gasteiger partial charge in [-0.25, -0.2) is 18.2 Å². The molecule has 140 valence electrons. The lowest BCUT2D eigenvalue weighted by Gasteiger charge is -2.31. The van der Waals surface area contributed by atoms with Gasteiger partial charge in [-0.1, -0.05) is 17.4 Å². The van der Waals surface area contributed by atoms with E-state index in [0.717, 1.165) is 12.1 Å². The molecule has 0 radical (unpaired) electrons. The highest BCUT2D eigenvalue weighted by atomic mass is 32.1. The topological polar surface area (TPSA) is 42.4 Å². The third-order valence-corrected chi connectivity index (χ3v) is 5.41. The molecule has 4 rings (SSSR count). The van der Waals surface area contributed by atoms with Gasteiger partial charge >= 0.3 is 0 Å². The van der Waals surface area contributed by atoms with Crippen LogP contribution < -0.4 is 4.74 Å². The first-order valence-electron chi connectivity index (χ1n) is 8.47. The largest absolute Gasteiger partial charge is 0.467 e. The van der Waals surface area contributed by atoms with Crippen molar-refractivity contribution >= 4 is 27.5 Å². The number of carbonyl (C=O) groups is 1. The molecule has 0 aliphatic carbocycles. The first kappa shape index (κ1) is 17.8. The predicted molar refractivity (Wildman–Crippen MR) is 95.5 cm³/mol. The molecule has 1 aliphatic rings. The van der Waals surface area contributed by atoms with Gasteiger partial charge < -0.3 is 9.64 Å². The van der Waals surface area contributed by atoms with Crippen molar-refractivity contribution in [3.05, 3.63) is 59.4 Å². The lowest BCUT2D eigenvalue weighted by Crippen LogP contribution is -2.42. The van der Waals surface area contributed by atoms with Crippen LogP contribution in [0.2, 0.25) is 0 Å². The Morgan fingerprint density at radius 2 is 1.81 bits per heavy atom. The van der Waals surface area contributed by atoms with Crippen LogP contribution in [0.1, 0.15) is 23.2 Å². The number of likely N-dealkylation sites (tertiary alicyclic amines) is 1. The Bertz CT molecular complexity index is 980. The van der Waals surface area contributed by atoms with Gasteiger partial charge in [0.1, 0.15) is 29.1 Å². The minimum atomic E-state index is -0.861. The first-order chi connectivity index (χ1) is 13.0. The minimum Gasteiger partial charge on any atom is -0.467 e. The fourth-order valence-electron chi connectivity index (χ4n) is 3.11. The molecule has 0 bridgehead atoms. The molecule has 1 fully saturated rings. The molecule has 3 aromatic rings. The van der Waals surface area contributed by atoms with Crippen molar-refractivity contribution in [2.75, 3.05) is 13.1 Å². The normalized spacial score (nSPS) is 15.3. The van der Waals surface area contributed by atoms with Gasteiger partial charge in [0.05, 0.1) is 10.2 Å². The number of amides is 1. The predicted octanol–water partition coefficient (Wildman–Crippen LogP) is 4.40. The van der Waals surface area contributed by atoms with E-state index >= 15 is 0 Å². The van der Waals surface area contributed by atoms with Gasteiger partial charge in [0.25, 0.3) is 11.1 Å². The van der Waals surface area contributed by atoms with E-state index in [9.17, 15) is 18.0 Å². The van der Waals surface area contributed by atoms with Crippen LogP contribution in [-0.4, -0.2) is 35.0 Å². The summed E-state index contributed by atoms with van der Waals surface area (Å²) in [7, 11) is 0. The van der Waals surface area contributed by atoms with Gasteiger partial charge in [0.2, 0.25) is 0 Å². The summed E-state index contributed by atoms with van der Waals surface area (Å²) in [5.41, 5.74) is 0.143. The van der Waals surface area contributed by atoms with E-state index in [1.807, 2.05) is 0 Å². The van der Waals surface area contributed by atoms with Crippen molar-refractivity contribution in [1.29, 1.82) is 0 Å². The number of hydrogen-bond donors (Lipinski definition) is 0. The van der Waals surface area contributed by atoms with Crippen molar-refractivity contribution in [2.24, 2.45) is 0 Å². The number of halogens is 3. The van der Waals surface area contributed by atoms with Crippen molar-refractivity contribution < 1.29 is 22.7 Å². The number of rotatable bonds is 3. The lowest BCUT2D eigenvalue weighted by molar-refractivity contribution is 0.0587. The summed E-state index contributed by atoms with van der Waals surface area (Å²) in [5.74, 6) is -2.70. The Balaban J connectivity index is 1.40. The van der Waals surface area contributed by atoms with Gasteiger partial charge in [-0.05, 0) is 30.3 Å². The zero-order valence-electron chi connectivity index (χ0n) is 14.1. The molecule has 2 aromatic carbocycles. The summed E-state index contributed by atoms with van der Waals surface area (Å²) in [6.07, 6.45) is 0.878. The molecule has 0 spiro atoms. The summed E-state index contributed by atoms with van der Waals surface area (Å²) in [5, 5.41) is 0.445. The second-order valence-corrected chi connectivity index (χ2v) is 7.29. The average Bonchev–Trinajstić information content (AvgIpc) is 3.03. The van der Waals surface area contributed by atoms with Crippen LogP contribution in [0.5, 0.6) is 5.19 Å². The smallest absolute Gasteiger partial charge is 0.274 e. The van der Waals surface area contributed by atoms with E-state index in [4.69, 9.17) is 4.74 Å². The van der Waals surface area contributed by atoms with Gasteiger partial charge in [-0.2, -0.15) is 0 Å². The van der Waals surface area contributed by atoms with Crippen LogP contribution in [0.15, 0.2) is 36.4 Å². The second-order valence-electron chi connectivity index (χ2n) is 6.30. The number of benzene rings is 2.